The summed E-state index contributed by atoms with van der Waals surface area (Å²) >= 11 is 0. The third-order valence-corrected chi connectivity index (χ3v) is 4.25. The molecule has 2 nitrogen and oxygen atoms in total. The van der Waals surface area contributed by atoms with Gasteiger partial charge in [0, 0.05) is 11.7 Å². The van der Waals surface area contributed by atoms with E-state index in [4.69, 9.17) is 0 Å². The minimum Gasteiger partial charge on any atom is -0.508 e. The van der Waals surface area contributed by atoms with E-state index in [0.717, 1.165) is 11.3 Å². The second-order valence-corrected chi connectivity index (χ2v) is 5.92. The fourth-order valence-corrected chi connectivity index (χ4v) is 2.83. The van der Waals surface area contributed by atoms with Crippen LogP contribution in [0.4, 0.5) is 5.69 Å². The summed E-state index contributed by atoms with van der Waals surface area (Å²) in [5.41, 5.74) is 4.80. The van der Waals surface area contributed by atoms with Crippen LogP contribution in [0.2, 0.25) is 0 Å². The first kappa shape index (κ1) is 13.0. The van der Waals surface area contributed by atoms with E-state index in [0.29, 0.717) is 17.7 Å². The fraction of sp³-hybridized carbons (Fsp3) is 0.333. The average molecular weight is 267 g/mol. The Morgan fingerprint density at radius 3 is 2.35 bits per heavy atom. The van der Waals surface area contributed by atoms with Crippen LogP contribution < -0.4 is 5.32 Å². The third kappa shape index (κ3) is 2.64. The molecule has 0 saturated heterocycles. The SMILES string of the molecule is Cc1ccc(C2CC(Nc3ccc(O)c(C)c3)C2)cc1. The molecular formula is C18H21NO. The zero-order valence-electron chi connectivity index (χ0n) is 12.1. The van der Waals surface area contributed by atoms with E-state index in [1.54, 1.807) is 6.07 Å². The molecule has 0 aliphatic heterocycles. The van der Waals surface area contributed by atoms with Crippen molar-refractivity contribution in [1.29, 1.82) is 0 Å². The van der Waals surface area contributed by atoms with Crippen LogP contribution in [0.1, 0.15) is 35.4 Å². The summed E-state index contributed by atoms with van der Waals surface area (Å²) in [6.45, 7) is 4.05. The molecule has 0 radical (unpaired) electrons. The highest BCUT2D eigenvalue weighted by atomic mass is 16.3. The lowest BCUT2D eigenvalue weighted by atomic mass is 9.75. The number of benzene rings is 2. The number of aromatic hydroxyl groups is 1. The molecular weight excluding hydrogens is 246 g/mol. The van der Waals surface area contributed by atoms with Gasteiger partial charge in [0.2, 0.25) is 0 Å². The van der Waals surface area contributed by atoms with Gasteiger partial charge in [-0.2, -0.15) is 0 Å². The zero-order chi connectivity index (χ0) is 14.1. The topological polar surface area (TPSA) is 32.3 Å². The van der Waals surface area contributed by atoms with Gasteiger partial charge in [-0.05, 0) is 61.9 Å². The van der Waals surface area contributed by atoms with Crippen molar-refractivity contribution in [2.75, 3.05) is 5.32 Å². The van der Waals surface area contributed by atoms with Gasteiger partial charge in [-0.15, -0.1) is 0 Å². The van der Waals surface area contributed by atoms with E-state index in [-0.39, 0.29) is 0 Å². The molecule has 2 aromatic carbocycles. The quantitative estimate of drug-likeness (QED) is 0.809. The smallest absolute Gasteiger partial charge is 0.118 e. The molecule has 0 amide bonds. The second-order valence-electron chi connectivity index (χ2n) is 5.92. The van der Waals surface area contributed by atoms with Crippen molar-refractivity contribution in [3.63, 3.8) is 0 Å². The first-order valence-corrected chi connectivity index (χ1v) is 7.24. The number of hydrogen-bond acceptors (Lipinski definition) is 2. The van der Waals surface area contributed by atoms with Crippen molar-refractivity contribution in [2.45, 2.75) is 38.6 Å². The molecule has 104 valence electrons. The van der Waals surface area contributed by atoms with Gasteiger partial charge in [0.25, 0.3) is 0 Å². The lowest BCUT2D eigenvalue weighted by Crippen LogP contribution is -2.33. The van der Waals surface area contributed by atoms with E-state index in [2.05, 4.69) is 36.5 Å². The van der Waals surface area contributed by atoms with Crippen LogP contribution in [0.25, 0.3) is 0 Å². The van der Waals surface area contributed by atoms with Crippen LogP contribution in [0.3, 0.4) is 0 Å². The Bertz CT molecular complexity index is 597. The lowest BCUT2D eigenvalue weighted by Gasteiger charge is -2.37. The fourth-order valence-electron chi connectivity index (χ4n) is 2.83. The van der Waals surface area contributed by atoms with Gasteiger partial charge < -0.3 is 10.4 Å². The Kier molecular flexibility index (Phi) is 3.39. The summed E-state index contributed by atoms with van der Waals surface area (Å²) < 4.78 is 0. The van der Waals surface area contributed by atoms with E-state index < -0.39 is 0 Å². The molecule has 2 N–H and O–H groups in total. The summed E-state index contributed by atoms with van der Waals surface area (Å²) in [4.78, 5) is 0. The molecule has 0 aromatic heterocycles. The van der Waals surface area contributed by atoms with Crippen LogP contribution in [-0.2, 0) is 0 Å². The summed E-state index contributed by atoms with van der Waals surface area (Å²) in [5, 5.41) is 13.1. The minimum absolute atomic E-state index is 0.363. The van der Waals surface area contributed by atoms with E-state index >= 15 is 0 Å². The highest BCUT2D eigenvalue weighted by molar-refractivity contribution is 5.51. The summed E-state index contributed by atoms with van der Waals surface area (Å²) in [6.07, 6.45) is 2.37. The lowest BCUT2D eigenvalue weighted by molar-refractivity contribution is 0.374. The molecule has 0 unspecified atom stereocenters. The Labute approximate surface area is 120 Å². The van der Waals surface area contributed by atoms with Crippen molar-refractivity contribution in [3.05, 3.63) is 59.2 Å². The van der Waals surface area contributed by atoms with E-state index in [1.807, 2.05) is 19.1 Å². The average Bonchev–Trinajstić information content (AvgIpc) is 2.39. The van der Waals surface area contributed by atoms with Gasteiger partial charge in [-0.3, -0.25) is 0 Å². The molecule has 1 aliphatic carbocycles. The van der Waals surface area contributed by atoms with Crippen molar-refractivity contribution in [3.8, 4) is 5.75 Å². The first-order chi connectivity index (χ1) is 9.61. The maximum atomic E-state index is 9.53. The molecule has 1 aliphatic rings. The van der Waals surface area contributed by atoms with Crippen LogP contribution in [0.15, 0.2) is 42.5 Å². The highest BCUT2D eigenvalue weighted by Gasteiger charge is 2.30. The molecule has 0 heterocycles. The van der Waals surface area contributed by atoms with Gasteiger partial charge in [0.1, 0.15) is 5.75 Å². The van der Waals surface area contributed by atoms with Crippen molar-refractivity contribution in [1.82, 2.24) is 0 Å². The second kappa shape index (κ2) is 5.20. The molecule has 0 spiro atoms. The van der Waals surface area contributed by atoms with Crippen molar-refractivity contribution < 1.29 is 5.11 Å². The molecule has 20 heavy (non-hydrogen) atoms. The zero-order valence-corrected chi connectivity index (χ0v) is 12.1. The summed E-state index contributed by atoms with van der Waals surface area (Å²) in [6, 6.07) is 15.1. The standard InChI is InChI=1S/C18H21NO/c1-12-3-5-14(6-4-12)15-10-17(11-15)19-16-7-8-18(20)13(2)9-16/h3-9,15,17,19-20H,10-11H2,1-2H3. The van der Waals surface area contributed by atoms with Crippen LogP contribution in [-0.4, -0.2) is 11.1 Å². The van der Waals surface area contributed by atoms with Gasteiger partial charge in [-0.25, -0.2) is 0 Å². The molecule has 3 rings (SSSR count). The number of anilines is 1. The van der Waals surface area contributed by atoms with Crippen LogP contribution in [0, 0.1) is 13.8 Å². The number of hydrogen-bond donors (Lipinski definition) is 2. The number of phenols is 1. The Hall–Kier alpha value is -1.96. The van der Waals surface area contributed by atoms with E-state index in [9.17, 15) is 5.11 Å². The monoisotopic (exact) mass is 267 g/mol. The summed E-state index contributed by atoms with van der Waals surface area (Å²) in [5.74, 6) is 1.05. The van der Waals surface area contributed by atoms with Gasteiger partial charge >= 0.3 is 0 Å². The molecule has 0 bridgehead atoms. The Balaban J connectivity index is 1.58. The molecule has 0 atom stereocenters. The highest BCUT2D eigenvalue weighted by Crippen LogP contribution is 2.38. The minimum atomic E-state index is 0.363. The van der Waals surface area contributed by atoms with Gasteiger partial charge in [0.15, 0.2) is 0 Å². The predicted octanol–water partition coefficient (Wildman–Crippen LogP) is 4.37. The van der Waals surface area contributed by atoms with Crippen molar-refractivity contribution in [2.24, 2.45) is 0 Å². The predicted molar refractivity (Wildman–Crippen MR) is 83.4 cm³/mol. The third-order valence-electron chi connectivity index (χ3n) is 4.25. The summed E-state index contributed by atoms with van der Waals surface area (Å²) in [7, 11) is 0. The number of aryl methyl sites for hydroxylation is 2. The van der Waals surface area contributed by atoms with Crippen LogP contribution in [0.5, 0.6) is 5.75 Å². The van der Waals surface area contributed by atoms with Crippen molar-refractivity contribution >= 4 is 5.69 Å². The number of nitrogens with one attached hydrogen (secondary N) is 1. The maximum Gasteiger partial charge on any atom is 0.118 e. The molecule has 2 heteroatoms. The van der Waals surface area contributed by atoms with Gasteiger partial charge in [0.05, 0.1) is 0 Å². The molecule has 2 aromatic rings. The number of rotatable bonds is 3. The van der Waals surface area contributed by atoms with E-state index in [1.165, 1.54) is 24.0 Å². The normalized spacial score (nSPS) is 21.3. The molecule has 1 fully saturated rings. The first-order valence-electron chi connectivity index (χ1n) is 7.24. The van der Waals surface area contributed by atoms with Gasteiger partial charge in [-0.1, -0.05) is 29.8 Å². The number of phenolic OH excluding ortho intramolecular Hbond substituents is 1. The largest absolute Gasteiger partial charge is 0.508 e. The maximum absolute atomic E-state index is 9.53. The Morgan fingerprint density at radius 1 is 1.00 bits per heavy atom. The van der Waals surface area contributed by atoms with Crippen LogP contribution >= 0.6 is 0 Å². The molecule has 1 saturated carbocycles. The Morgan fingerprint density at radius 2 is 1.70 bits per heavy atom.